The van der Waals surface area contributed by atoms with Crippen molar-refractivity contribution in [1.29, 1.82) is 0 Å². The lowest BCUT2D eigenvalue weighted by Gasteiger charge is -1.96. The van der Waals surface area contributed by atoms with Gasteiger partial charge in [0.15, 0.2) is 0 Å². The van der Waals surface area contributed by atoms with E-state index < -0.39 is 0 Å². The van der Waals surface area contributed by atoms with Crippen molar-refractivity contribution in [3.63, 3.8) is 0 Å². The zero-order valence-electron chi connectivity index (χ0n) is 9.44. The van der Waals surface area contributed by atoms with Crippen LogP contribution in [0.2, 0.25) is 5.02 Å². The van der Waals surface area contributed by atoms with Crippen molar-refractivity contribution in [3.8, 4) is 11.8 Å². The third-order valence-electron chi connectivity index (χ3n) is 2.64. The Hall–Kier alpha value is -2.24. The molecule has 0 aliphatic heterocycles. The molecule has 0 bridgehead atoms. The van der Waals surface area contributed by atoms with E-state index in [0.717, 1.165) is 22.2 Å². The number of aromatic nitrogens is 2. The maximum Gasteiger partial charge on any atom is 0.138 e. The highest BCUT2D eigenvalue weighted by Crippen LogP contribution is 2.24. The van der Waals surface area contributed by atoms with E-state index >= 15 is 0 Å². The topological polar surface area (TPSA) is 28.7 Å². The summed E-state index contributed by atoms with van der Waals surface area (Å²) in [5.41, 5.74) is 2.49. The van der Waals surface area contributed by atoms with Gasteiger partial charge >= 0.3 is 0 Å². The van der Waals surface area contributed by atoms with Crippen LogP contribution in [0.25, 0.3) is 11.0 Å². The largest absolute Gasteiger partial charge is 0.346 e. The predicted molar refractivity (Wildman–Crippen MR) is 73.5 cm³/mol. The average Bonchev–Trinajstić information content (AvgIpc) is 2.88. The molecule has 2 heterocycles. The van der Waals surface area contributed by atoms with Crippen LogP contribution in [0, 0.1) is 11.8 Å². The predicted octanol–water partition coefficient (Wildman–Crippen LogP) is 3.62. The minimum Gasteiger partial charge on any atom is -0.346 e. The van der Waals surface area contributed by atoms with E-state index in [4.69, 9.17) is 11.6 Å². The number of rotatable bonds is 0. The zero-order chi connectivity index (χ0) is 12.4. The van der Waals surface area contributed by atoms with E-state index in [9.17, 15) is 0 Å². The summed E-state index contributed by atoms with van der Waals surface area (Å²) in [6.45, 7) is 0. The number of fused-ring (bicyclic) bond motifs is 1. The fourth-order valence-electron chi connectivity index (χ4n) is 1.72. The first kappa shape index (κ1) is 10.9. The molecular weight excluding hydrogens is 244 g/mol. The molecule has 3 heteroatoms. The Kier molecular flexibility index (Phi) is 2.76. The van der Waals surface area contributed by atoms with Gasteiger partial charge in [-0.3, -0.25) is 0 Å². The van der Waals surface area contributed by atoms with Crippen LogP contribution >= 0.6 is 11.6 Å². The SMILES string of the molecule is Clc1c(C#Cc2ccccc2)cnc2[nH]ccc12. The first-order chi connectivity index (χ1) is 8.84. The summed E-state index contributed by atoms with van der Waals surface area (Å²) in [6.07, 6.45) is 3.51. The molecule has 2 nitrogen and oxygen atoms in total. The van der Waals surface area contributed by atoms with Gasteiger partial charge < -0.3 is 4.98 Å². The molecule has 86 valence electrons. The Balaban J connectivity index is 2.06. The number of nitrogens with zero attached hydrogens (tertiary/aromatic N) is 1. The van der Waals surface area contributed by atoms with Crippen molar-refractivity contribution in [1.82, 2.24) is 9.97 Å². The molecule has 0 saturated carbocycles. The van der Waals surface area contributed by atoms with E-state index in [1.54, 1.807) is 6.20 Å². The van der Waals surface area contributed by atoms with Gasteiger partial charge in [0.2, 0.25) is 0 Å². The summed E-state index contributed by atoms with van der Waals surface area (Å²) in [7, 11) is 0. The van der Waals surface area contributed by atoms with E-state index in [-0.39, 0.29) is 0 Å². The number of benzene rings is 1. The summed E-state index contributed by atoms with van der Waals surface area (Å²) in [4.78, 5) is 7.29. The van der Waals surface area contributed by atoms with Gasteiger partial charge in [0.1, 0.15) is 5.65 Å². The van der Waals surface area contributed by atoms with Crippen molar-refractivity contribution in [2.45, 2.75) is 0 Å². The highest BCUT2D eigenvalue weighted by molar-refractivity contribution is 6.36. The fraction of sp³-hybridized carbons (Fsp3) is 0. The van der Waals surface area contributed by atoms with Crippen LogP contribution in [-0.2, 0) is 0 Å². The van der Waals surface area contributed by atoms with Crippen LogP contribution in [-0.4, -0.2) is 9.97 Å². The summed E-state index contributed by atoms with van der Waals surface area (Å²) in [5, 5.41) is 1.54. The molecule has 0 fully saturated rings. The molecular formula is C15H9ClN2. The van der Waals surface area contributed by atoms with Crippen LogP contribution in [0.15, 0.2) is 48.8 Å². The van der Waals surface area contributed by atoms with Crippen molar-refractivity contribution in [2.75, 3.05) is 0 Å². The second-order valence-electron chi connectivity index (χ2n) is 3.84. The van der Waals surface area contributed by atoms with Crippen LogP contribution in [0.4, 0.5) is 0 Å². The van der Waals surface area contributed by atoms with Crippen LogP contribution in [0.3, 0.4) is 0 Å². The van der Waals surface area contributed by atoms with Gasteiger partial charge in [-0.15, -0.1) is 0 Å². The van der Waals surface area contributed by atoms with Gasteiger partial charge in [-0.05, 0) is 18.2 Å². The van der Waals surface area contributed by atoms with E-state index in [2.05, 4.69) is 21.8 Å². The lowest BCUT2D eigenvalue weighted by atomic mass is 10.2. The molecule has 3 rings (SSSR count). The Morgan fingerprint density at radius 2 is 1.89 bits per heavy atom. The Bertz CT molecular complexity index is 748. The number of hydrogen-bond acceptors (Lipinski definition) is 1. The molecule has 0 amide bonds. The van der Waals surface area contributed by atoms with Gasteiger partial charge in [0.25, 0.3) is 0 Å². The molecule has 3 aromatic rings. The highest BCUT2D eigenvalue weighted by atomic mass is 35.5. The van der Waals surface area contributed by atoms with Gasteiger partial charge in [-0.2, -0.15) is 0 Å². The lowest BCUT2D eigenvalue weighted by molar-refractivity contribution is 1.32. The summed E-state index contributed by atoms with van der Waals surface area (Å²) >= 11 is 6.29. The molecule has 18 heavy (non-hydrogen) atoms. The normalized spacial score (nSPS) is 10.1. The second kappa shape index (κ2) is 4.56. The van der Waals surface area contributed by atoms with Crippen molar-refractivity contribution in [2.24, 2.45) is 0 Å². The number of halogens is 1. The molecule has 0 radical (unpaired) electrons. The minimum atomic E-state index is 0.643. The Labute approximate surface area is 110 Å². The van der Waals surface area contributed by atoms with Crippen molar-refractivity contribution in [3.05, 3.63) is 64.9 Å². The summed E-state index contributed by atoms with van der Waals surface area (Å²) in [5.74, 6) is 6.13. The monoisotopic (exact) mass is 252 g/mol. The van der Waals surface area contributed by atoms with Crippen LogP contribution in [0.1, 0.15) is 11.1 Å². The summed E-state index contributed by atoms with van der Waals surface area (Å²) in [6, 6.07) is 11.7. The zero-order valence-corrected chi connectivity index (χ0v) is 10.2. The first-order valence-corrected chi connectivity index (χ1v) is 5.91. The highest BCUT2D eigenvalue weighted by Gasteiger charge is 2.05. The molecule has 0 spiro atoms. The number of H-pyrrole nitrogens is 1. The third-order valence-corrected chi connectivity index (χ3v) is 3.04. The Morgan fingerprint density at radius 1 is 1.06 bits per heavy atom. The van der Waals surface area contributed by atoms with E-state index in [1.807, 2.05) is 42.6 Å². The summed E-state index contributed by atoms with van der Waals surface area (Å²) < 4.78 is 0. The van der Waals surface area contributed by atoms with Gasteiger partial charge in [-0.25, -0.2) is 4.98 Å². The van der Waals surface area contributed by atoms with E-state index in [1.165, 1.54) is 0 Å². The fourth-order valence-corrected chi connectivity index (χ4v) is 1.97. The second-order valence-corrected chi connectivity index (χ2v) is 4.22. The molecule has 0 aliphatic rings. The number of hydrogen-bond donors (Lipinski definition) is 1. The molecule has 2 aromatic heterocycles. The Morgan fingerprint density at radius 3 is 2.72 bits per heavy atom. The van der Waals surface area contributed by atoms with Gasteiger partial charge in [0, 0.05) is 23.3 Å². The first-order valence-electron chi connectivity index (χ1n) is 5.53. The molecule has 0 saturated heterocycles. The number of nitrogens with one attached hydrogen (secondary N) is 1. The molecule has 0 unspecified atom stereocenters. The molecule has 1 N–H and O–H groups in total. The van der Waals surface area contributed by atoms with Crippen molar-refractivity contribution >= 4 is 22.6 Å². The quantitative estimate of drug-likeness (QED) is 0.609. The lowest BCUT2D eigenvalue weighted by Crippen LogP contribution is -1.83. The van der Waals surface area contributed by atoms with E-state index in [0.29, 0.717) is 5.02 Å². The van der Waals surface area contributed by atoms with Crippen molar-refractivity contribution < 1.29 is 0 Å². The smallest absolute Gasteiger partial charge is 0.138 e. The maximum absolute atomic E-state index is 6.29. The van der Waals surface area contributed by atoms with Gasteiger partial charge in [0.05, 0.1) is 10.6 Å². The van der Waals surface area contributed by atoms with Crippen LogP contribution < -0.4 is 0 Å². The molecule has 1 aromatic carbocycles. The molecule has 0 aliphatic carbocycles. The third kappa shape index (κ3) is 1.97. The number of aromatic amines is 1. The standard InChI is InChI=1S/C15H9ClN2/c16-14-12(7-6-11-4-2-1-3-5-11)10-18-15-13(14)8-9-17-15/h1-5,8-10H,(H,17,18). The average molecular weight is 253 g/mol. The molecule has 0 atom stereocenters. The van der Waals surface area contributed by atoms with Gasteiger partial charge in [-0.1, -0.05) is 41.6 Å². The minimum absolute atomic E-state index is 0.643. The van der Waals surface area contributed by atoms with Crippen LogP contribution in [0.5, 0.6) is 0 Å². The number of pyridine rings is 1. The maximum atomic E-state index is 6.29.